The molecule has 28 heavy (non-hydrogen) atoms. The van der Waals surface area contributed by atoms with Gasteiger partial charge in [-0.1, -0.05) is 12.1 Å². The Morgan fingerprint density at radius 3 is 2.68 bits per heavy atom. The molecule has 0 radical (unpaired) electrons. The molecule has 9 heteroatoms. The molecule has 0 aliphatic carbocycles. The number of H-pyrrole nitrogens is 1. The Morgan fingerprint density at radius 1 is 1.18 bits per heavy atom. The minimum absolute atomic E-state index is 0.0433. The van der Waals surface area contributed by atoms with Gasteiger partial charge in [0.2, 0.25) is 0 Å². The summed E-state index contributed by atoms with van der Waals surface area (Å²) >= 11 is 0. The van der Waals surface area contributed by atoms with Crippen LogP contribution in [-0.2, 0) is 7.05 Å². The number of nitrogens with one attached hydrogen (secondary N) is 2. The molecule has 2 aromatic heterocycles. The van der Waals surface area contributed by atoms with Crippen LogP contribution < -0.4 is 10.9 Å². The number of aromatic nitrogens is 5. The van der Waals surface area contributed by atoms with Gasteiger partial charge >= 0.3 is 0 Å². The van der Waals surface area contributed by atoms with E-state index in [-0.39, 0.29) is 22.3 Å². The molecule has 0 saturated heterocycles. The molecule has 1 aliphatic rings. The minimum atomic E-state index is -1.27. The van der Waals surface area contributed by atoms with Crippen LogP contribution in [0, 0.1) is 11.6 Å². The molecule has 7 nitrogen and oxygen atoms in total. The van der Waals surface area contributed by atoms with Gasteiger partial charge in [-0.25, -0.2) is 18.9 Å². The van der Waals surface area contributed by atoms with Crippen molar-refractivity contribution in [1.82, 2.24) is 25.0 Å². The van der Waals surface area contributed by atoms with Crippen molar-refractivity contribution in [2.45, 2.75) is 12.0 Å². The van der Waals surface area contributed by atoms with Crippen LogP contribution in [0.3, 0.4) is 0 Å². The maximum absolute atomic E-state index is 14.3. The third-order valence-corrected chi connectivity index (χ3v) is 4.77. The van der Waals surface area contributed by atoms with Crippen molar-refractivity contribution >= 4 is 16.5 Å². The zero-order valence-corrected chi connectivity index (χ0v) is 14.3. The van der Waals surface area contributed by atoms with E-state index in [0.29, 0.717) is 11.2 Å². The highest BCUT2D eigenvalue weighted by atomic mass is 19.1. The summed E-state index contributed by atoms with van der Waals surface area (Å²) < 4.78 is 62.4. The maximum atomic E-state index is 14.3. The predicted molar refractivity (Wildman–Crippen MR) is 97.9 cm³/mol. The Hall–Kier alpha value is -3.62. The van der Waals surface area contributed by atoms with Crippen LogP contribution >= 0.6 is 0 Å². The molecule has 2 unspecified atom stereocenters. The number of nitrogens with zero attached hydrogens (tertiary/aromatic N) is 4. The van der Waals surface area contributed by atoms with Gasteiger partial charge < -0.3 is 5.32 Å². The number of hydrogen-bond donors (Lipinski definition) is 2. The van der Waals surface area contributed by atoms with Crippen molar-refractivity contribution in [1.29, 1.82) is 0 Å². The number of anilines is 1. The van der Waals surface area contributed by atoms with Crippen LogP contribution in [0.25, 0.3) is 10.8 Å². The van der Waals surface area contributed by atoms with E-state index in [9.17, 15) is 13.6 Å². The fourth-order valence-electron chi connectivity index (χ4n) is 3.60. The van der Waals surface area contributed by atoms with Crippen molar-refractivity contribution in [3.05, 3.63) is 81.7 Å². The lowest BCUT2D eigenvalue weighted by atomic mass is 9.83. The first kappa shape index (κ1) is 12.7. The number of benzene rings is 2. The van der Waals surface area contributed by atoms with Crippen LogP contribution in [0.15, 0.2) is 47.4 Å². The fourth-order valence-corrected chi connectivity index (χ4v) is 3.60. The van der Waals surface area contributed by atoms with E-state index >= 15 is 0 Å². The van der Waals surface area contributed by atoms with Crippen molar-refractivity contribution in [2.24, 2.45) is 7.05 Å². The van der Waals surface area contributed by atoms with Crippen LogP contribution in [0.2, 0.25) is 0 Å². The van der Waals surface area contributed by atoms with Crippen LogP contribution in [-0.4, -0.2) is 25.0 Å². The molecule has 4 aromatic rings. The molecule has 5 rings (SSSR count). The van der Waals surface area contributed by atoms with Crippen molar-refractivity contribution < 1.29 is 14.3 Å². The standard InChI is InChI=1S/C19H14F2N6O/c1-27-18(22-8-23-27)15-16(9-2-4-10(20)5-3-9)24-13-7-11(21)6-12-14(13)17(15)25-26-19(12)28/h2-8,15-16,24H,1H3,(H,26,28)/i2D,3D,4D,5D. The van der Waals surface area contributed by atoms with E-state index in [4.69, 9.17) is 5.48 Å². The summed E-state index contributed by atoms with van der Waals surface area (Å²) in [5.74, 6) is -2.50. The molecule has 2 atom stereocenters. The molecule has 140 valence electrons. The first-order valence-electron chi connectivity index (χ1n) is 10.3. The Morgan fingerprint density at radius 2 is 1.96 bits per heavy atom. The summed E-state index contributed by atoms with van der Waals surface area (Å²) in [6.07, 6.45) is 1.29. The zero-order valence-electron chi connectivity index (χ0n) is 18.3. The lowest BCUT2D eigenvalue weighted by Crippen LogP contribution is -2.30. The highest BCUT2D eigenvalue weighted by molar-refractivity contribution is 5.97. The molecule has 2 aromatic carbocycles. The highest BCUT2D eigenvalue weighted by Crippen LogP contribution is 2.45. The summed E-state index contributed by atoms with van der Waals surface area (Å²) in [5, 5.41) is 14.0. The lowest BCUT2D eigenvalue weighted by molar-refractivity contribution is 0.562. The second kappa shape index (κ2) is 5.95. The van der Waals surface area contributed by atoms with E-state index in [1.54, 1.807) is 7.05 Å². The van der Waals surface area contributed by atoms with Gasteiger partial charge in [-0.15, -0.1) is 0 Å². The van der Waals surface area contributed by atoms with Gasteiger partial charge in [0.05, 0.1) is 28.5 Å². The van der Waals surface area contributed by atoms with E-state index in [1.807, 2.05) is 0 Å². The molecule has 0 bridgehead atoms. The van der Waals surface area contributed by atoms with Gasteiger partial charge in [0, 0.05) is 18.1 Å². The summed E-state index contributed by atoms with van der Waals surface area (Å²) in [6.45, 7) is 0. The first-order chi connectivity index (χ1) is 15.2. The predicted octanol–water partition coefficient (Wildman–Crippen LogP) is 2.63. The number of aryl methyl sites for hydroxylation is 1. The van der Waals surface area contributed by atoms with E-state index in [1.165, 1.54) is 11.0 Å². The van der Waals surface area contributed by atoms with E-state index < -0.39 is 53.3 Å². The van der Waals surface area contributed by atoms with Crippen LogP contribution in [0.5, 0.6) is 0 Å². The Labute approximate surface area is 162 Å². The van der Waals surface area contributed by atoms with Gasteiger partial charge in [0.15, 0.2) is 0 Å². The number of hydrogen-bond acceptors (Lipinski definition) is 5. The lowest BCUT2D eigenvalue weighted by Gasteiger charge is -2.33. The molecule has 0 spiro atoms. The topological polar surface area (TPSA) is 88.5 Å². The number of rotatable bonds is 2. The van der Waals surface area contributed by atoms with Gasteiger partial charge in [0.25, 0.3) is 5.56 Å². The Kier molecular flexibility index (Phi) is 2.70. The van der Waals surface area contributed by atoms with Crippen molar-refractivity contribution in [2.75, 3.05) is 5.32 Å². The summed E-state index contributed by atoms with van der Waals surface area (Å²) in [4.78, 5) is 16.6. The van der Waals surface area contributed by atoms with Crippen molar-refractivity contribution in [3.63, 3.8) is 0 Å². The third-order valence-electron chi connectivity index (χ3n) is 4.77. The number of halogens is 2. The molecular weight excluding hydrogens is 366 g/mol. The molecule has 2 N–H and O–H groups in total. The zero-order chi connectivity index (χ0) is 22.9. The van der Waals surface area contributed by atoms with Crippen molar-refractivity contribution in [3.8, 4) is 0 Å². The first-order valence-corrected chi connectivity index (χ1v) is 8.28. The number of aromatic amines is 1. The van der Waals surface area contributed by atoms with E-state index in [0.717, 1.165) is 12.1 Å². The largest absolute Gasteiger partial charge is 0.376 e. The SMILES string of the molecule is [2H]c1c([2H])c(C2Nc3cc(F)cc4c(=O)[nH]nc(c34)C2c2ncnn2C)c([2H])c([2H])c1F. The molecule has 0 saturated carbocycles. The van der Waals surface area contributed by atoms with Crippen LogP contribution in [0.4, 0.5) is 14.5 Å². The van der Waals surface area contributed by atoms with Gasteiger partial charge in [0.1, 0.15) is 23.8 Å². The third kappa shape index (κ3) is 2.39. The fraction of sp³-hybridized carbons (Fsp3) is 0.158. The molecule has 1 aliphatic heterocycles. The smallest absolute Gasteiger partial charge is 0.272 e. The Bertz CT molecular complexity index is 1460. The van der Waals surface area contributed by atoms with Gasteiger partial charge in [-0.05, 0) is 29.8 Å². The second-order valence-electron chi connectivity index (χ2n) is 6.38. The average Bonchev–Trinajstić information content (AvgIpc) is 3.18. The van der Waals surface area contributed by atoms with Gasteiger partial charge in [-0.3, -0.25) is 9.48 Å². The summed E-state index contributed by atoms with van der Waals surface area (Å²) in [5.41, 5.74) is -0.299. The van der Waals surface area contributed by atoms with E-state index in [2.05, 4.69) is 25.6 Å². The summed E-state index contributed by atoms with van der Waals surface area (Å²) in [6, 6.07) is -1.67. The normalized spacial score (nSPS) is 20.2. The Balaban J connectivity index is 1.89. The molecular formula is C19H14F2N6O. The highest BCUT2D eigenvalue weighted by Gasteiger charge is 2.37. The molecule has 3 heterocycles. The second-order valence-corrected chi connectivity index (χ2v) is 6.38. The quantitative estimate of drug-likeness (QED) is 0.555. The summed E-state index contributed by atoms with van der Waals surface area (Å²) in [7, 11) is 1.61. The minimum Gasteiger partial charge on any atom is -0.376 e. The average molecular weight is 384 g/mol. The van der Waals surface area contributed by atoms with Crippen LogP contribution in [0.1, 0.15) is 34.5 Å². The monoisotopic (exact) mass is 384 g/mol. The van der Waals surface area contributed by atoms with Gasteiger partial charge in [-0.2, -0.15) is 10.2 Å². The molecule has 0 fully saturated rings. The maximum Gasteiger partial charge on any atom is 0.272 e. The molecule has 0 amide bonds.